The van der Waals surface area contributed by atoms with Gasteiger partial charge in [-0.05, 0) is 43.7 Å². The maximum Gasteiger partial charge on any atom is 0.417 e. The molecule has 0 saturated carbocycles. The number of hydrogen-bond donors (Lipinski definition) is 0. The van der Waals surface area contributed by atoms with Crippen LogP contribution in [0.25, 0.3) is 0 Å². The maximum absolute atomic E-state index is 13.0. The van der Waals surface area contributed by atoms with Crippen LogP contribution in [-0.4, -0.2) is 5.71 Å². The second-order valence-corrected chi connectivity index (χ2v) is 5.16. The van der Waals surface area contributed by atoms with Crippen LogP contribution in [0.4, 0.5) is 13.2 Å². The molecule has 0 atom stereocenters. The molecule has 0 fully saturated rings. The lowest BCUT2D eigenvalue weighted by molar-refractivity contribution is -0.137. The van der Waals surface area contributed by atoms with Crippen molar-refractivity contribution in [2.75, 3.05) is 0 Å². The van der Waals surface area contributed by atoms with Crippen molar-refractivity contribution < 1.29 is 18.0 Å². The van der Waals surface area contributed by atoms with Crippen LogP contribution < -0.4 is 4.84 Å². The van der Waals surface area contributed by atoms with Gasteiger partial charge < -0.3 is 4.84 Å². The normalized spacial score (nSPS) is 12.4. The Morgan fingerprint density at radius 3 is 2.45 bits per heavy atom. The van der Waals surface area contributed by atoms with Crippen LogP contribution in [0.2, 0.25) is 5.02 Å². The lowest BCUT2D eigenvalue weighted by Gasteiger charge is -2.13. The molecule has 0 amide bonds. The molecule has 0 aliphatic rings. The monoisotopic (exact) mass is 327 g/mol. The van der Waals surface area contributed by atoms with Gasteiger partial charge in [-0.1, -0.05) is 35.0 Å². The number of nitrogens with zero attached hydrogens (tertiary/aromatic N) is 1. The van der Waals surface area contributed by atoms with Gasteiger partial charge in [0, 0.05) is 10.6 Å². The van der Waals surface area contributed by atoms with Gasteiger partial charge in [0.2, 0.25) is 0 Å². The molecule has 0 bridgehead atoms. The highest BCUT2D eigenvalue weighted by Crippen LogP contribution is 2.33. The highest BCUT2D eigenvalue weighted by atomic mass is 35.5. The molecule has 0 N–H and O–H groups in total. The van der Waals surface area contributed by atoms with Crippen LogP contribution in [0.15, 0.2) is 47.6 Å². The minimum Gasteiger partial charge on any atom is -0.356 e. The summed E-state index contributed by atoms with van der Waals surface area (Å²) < 4.78 is 39.1. The summed E-state index contributed by atoms with van der Waals surface area (Å²) >= 11 is 5.79. The first-order valence-electron chi connectivity index (χ1n) is 6.43. The first-order valence-corrected chi connectivity index (χ1v) is 6.81. The van der Waals surface area contributed by atoms with Crippen molar-refractivity contribution in [3.63, 3.8) is 0 Å². The van der Waals surface area contributed by atoms with Crippen LogP contribution in [0.3, 0.4) is 0 Å². The number of aryl methyl sites for hydroxylation is 1. The van der Waals surface area contributed by atoms with Gasteiger partial charge in [-0.2, -0.15) is 13.2 Å². The van der Waals surface area contributed by atoms with E-state index in [-0.39, 0.29) is 16.3 Å². The summed E-state index contributed by atoms with van der Waals surface area (Å²) in [7, 11) is 0. The fourth-order valence-corrected chi connectivity index (χ4v) is 2.06. The molecule has 0 aliphatic heterocycles. The zero-order valence-corrected chi connectivity index (χ0v) is 12.7. The third-order valence-corrected chi connectivity index (χ3v) is 3.29. The number of oxime groups is 1. The minimum atomic E-state index is -4.49. The van der Waals surface area contributed by atoms with Crippen LogP contribution in [0, 0.1) is 6.92 Å². The average molecular weight is 328 g/mol. The van der Waals surface area contributed by atoms with E-state index in [2.05, 4.69) is 5.16 Å². The van der Waals surface area contributed by atoms with Gasteiger partial charge in [-0.25, -0.2) is 0 Å². The van der Waals surface area contributed by atoms with E-state index >= 15 is 0 Å². The van der Waals surface area contributed by atoms with Gasteiger partial charge in [0.05, 0.1) is 11.3 Å². The molecule has 6 heteroatoms. The molecular weight excluding hydrogens is 315 g/mol. The van der Waals surface area contributed by atoms with Gasteiger partial charge in [0.1, 0.15) is 0 Å². The summed E-state index contributed by atoms with van der Waals surface area (Å²) in [4.78, 5) is 5.24. The number of benzene rings is 2. The highest BCUT2D eigenvalue weighted by molar-refractivity contribution is 6.31. The number of rotatable bonds is 3. The zero-order valence-electron chi connectivity index (χ0n) is 11.9. The standard InChI is InChI=1S/C16H13ClF3NO/c1-10-5-3-4-6-15(10)22-21-11(2)13-9-12(17)7-8-14(13)16(18,19)20/h3-9H,1-2H3/b21-11+. The molecule has 2 nitrogen and oxygen atoms in total. The summed E-state index contributed by atoms with van der Waals surface area (Å²) in [6.07, 6.45) is -4.49. The highest BCUT2D eigenvalue weighted by Gasteiger charge is 2.34. The topological polar surface area (TPSA) is 21.6 Å². The van der Waals surface area contributed by atoms with Crippen molar-refractivity contribution in [3.8, 4) is 5.75 Å². The van der Waals surface area contributed by atoms with Gasteiger partial charge >= 0.3 is 6.18 Å². The van der Waals surface area contributed by atoms with E-state index in [0.29, 0.717) is 5.75 Å². The molecule has 2 aromatic rings. The van der Waals surface area contributed by atoms with Crippen molar-refractivity contribution >= 4 is 17.3 Å². The number of hydrogen-bond acceptors (Lipinski definition) is 2. The molecule has 116 valence electrons. The van der Waals surface area contributed by atoms with Crippen molar-refractivity contribution in [1.82, 2.24) is 0 Å². The third kappa shape index (κ3) is 3.80. The Hall–Kier alpha value is -2.01. The number of alkyl halides is 3. The van der Waals surface area contributed by atoms with Crippen LogP contribution in [-0.2, 0) is 6.18 Å². The maximum atomic E-state index is 13.0. The van der Waals surface area contributed by atoms with E-state index in [1.165, 1.54) is 19.1 Å². The number of halogens is 4. The smallest absolute Gasteiger partial charge is 0.356 e. The fraction of sp³-hybridized carbons (Fsp3) is 0.188. The van der Waals surface area contributed by atoms with Crippen molar-refractivity contribution in [2.45, 2.75) is 20.0 Å². The lowest BCUT2D eigenvalue weighted by atomic mass is 10.0. The van der Waals surface area contributed by atoms with Crippen LogP contribution >= 0.6 is 11.6 Å². The molecule has 0 saturated heterocycles. The van der Waals surface area contributed by atoms with Gasteiger partial charge in [-0.15, -0.1) is 0 Å². The lowest BCUT2D eigenvalue weighted by Crippen LogP contribution is -2.12. The van der Waals surface area contributed by atoms with Gasteiger partial charge in [-0.3, -0.25) is 0 Å². The Bertz CT molecular complexity index is 711. The van der Waals surface area contributed by atoms with E-state index in [1.807, 2.05) is 19.1 Å². The zero-order chi connectivity index (χ0) is 16.3. The van der Waals surface area contributed by atoms with E-state index < -0.39 is 11.7 Å². The summed E-state index contributed by atoms with van der Waals surface area (Å²) in [6, 6.07) is 10.5. The quantitative estimate of drug-likeness (QED) is 0.541. The Labute approximate surface area is 131 Å². The molecule has 0 unspecified atom stereocenters. The summed E-state index contributed by atoms with van der Waals surface area (Å²) in [5, 5.41) is 4.00. The molecule has 2 aromatic carbocycles. The third-order valence-electron chi connectivity index (χ3n) is 3.05. The largest absolute Gasteiger partial charge is 0.417 e. The van der Waals surface area contributed by atoms with E-state index in [9.17, 15) is 13.2 Å². The van der Waals surface area contributed by atoms with Crippen LogP contribution in [0.1, 0.15) is 23.6 Å². The molecular formula is C16H13ClF3NO. The summed E-state index contributed by atoms with van der Waals surface area (Å²) in [6.45, 7) is 3.26. The first kappa shape index (κ1) is 16.4. The molecule has 0 heterocycles. The van der Waals surface area contributed by atoms with Crippen molar-refractivity contribution in [1.29, 1.82) is 0 Å². The summed E-state index contributed by atoms with van der Waals surface area (Å²) in [5.74, 6) is 0.484. The molecule has 0 spiro atoms. The second kappa shape index (κ2) is 6.40. The minimum absolute atomic E-state index is 0.0954. The first-order chi connectivity index (χ1) is 10.3. The Morgan fingerprint density at radius 1 is 1.14 bits per heavy atom. The Balaban J connectivity index is 2.37. The Kier molecular flexibility index (Phi) is 4.76. The van der Waals surface area contributed by atoms with E-state index in [1.54, 1.807) is 12.1 Å². The fourth-order valence-electron chi connectivity index (χ4n) is 1.89. The average Bonchev–Trinajstić information content (AvgIpc) is 2.44. The van der Waals surface area contributed by atoms with Gasteiger partial charge in [0.25, 0.3) is 0 Å². The molecule has 0 aromatic heterocycles. The van der Waals surface area contributed by atoms with Crippen LogP contribution in [0.5, 0.6) is 5.75 Å². The van der Waals surface area contributed by atoms with E-state index in [4.69, 9.17) is 16.4 Å². The predicted molar refractivity (Wildman–Crippen MR) is 80.5 cm³/mol. The second-order valence-electron chi connectivity index (χ2n) is 4.72. The Morgan fingerprint density at radius 2 is 1.82 bits per heavy atom. The van der Waals surface area contributed by atoms with Crippen molar-refractivity contribution in [2.24, 2.45) is 5.16 Å². The van der Waals surface area contributed by atoms with E-state index in [0.717, 1.165) is 11.6 Å². The molecule has 2 rings (SSSR count). The number of para-hydroxylation sites is 1. The summed E-state index contributed by atoms with van der Waals surface area (Å²) in [5.41, 5.74) is 0.0272. The molecule has 0 aliphatic carbocycles. The molecule has 22 heavy (non-hydrogen) atoms. The SMILES string of the molecule is C/C(=N\Oc1ccccc1C)c1cc(Cl)ccc1C(F)(F)F. The molecule has 0 radical (unpaired) electrons. The predicted octanol–water partition coefficient (Wildman–Crippen LogP) is 5.47. The van der Waals surface area contributed by atoms with Gasteiger partial charge in [0.15, 0.2) is 5.75 Å². The van der Waals surface area contributed by atoms with Crippen molar-refractivity contribution in [3.05, 3.63) is 64.2 Å².